The molecule has 1 amide bonds. The first-order valence-electron chi connectivity index (χ1n) is 9.36. The van der Waals surface area contributed by atoms with Gasteiger partial charge in [-0.1, -0.05) is 41.6 Å². The number of hydrogen-bond acceptors (Lipinski definition) is 7. The smallest absolute Gasteiger partial charge is 0.271 e. The second-order valence-corrected chi connectivity index (χ2v) is 7.98. The van der Waals surface area contributed by atoms with Gasteiger partial charge in [0.25, 0.3) is 5.69 Å². The lowest BCUT2D eigenvalue weighted by Crippen LogP contribution is -2.15. The maximum absolute atomic E-state index is 12.5. The van der Waals surface area contributed by atoms with Crippen molar-refractivity contribution in [2.75, 3.05) is 11.1 Å². The van der Waals surface area contributed by atoms with Crippen LogP contribution in [0.15, 0.2) is 70.4 Å². The van der Waals surface area contributed by atoms with Gasteiger partial charge in [0.2, 0.25) is 5.91 Å². The first-order chi connectivity index (χ1) is 15.4. The topological polar surface area (TPSA) is 116 Å². The highest BCUT2D eigenvalue weighted by Gasteiger charge is 2.20. The predicted octanol–water partition coefficient (Wildman–Crippen LogP) is 5.13. The molecule has 162 valence electrons. The van der Waals surface area contributed by atoms with E-state index in [2.05, 4.69) is 15.5 Å². The molecule has 9 nitrogen and oxygen atoms in total. The third kappa shape index (κ3) is 4.51. The number of nitro groups is 1. The molecule has 0 spiro atoms. The Morgan fingerprint density at radius 3 is 2.69 bits per heavy atom. The number of thioether (sulfide) groups is 1. The van der Waals surface area contributed by atoms with Gasteiger partial charge in [-0.25, -0.2) is 0 Å². The Bertz CT molecular complexity index is 1290. The number of benzene rings is 2. The van der Waals surface area contributed by atoms with E-state index in [-0.39, 0.29) is 28.1 Å². The van der Waals surface area contributed by atoms with E-state index in [0.29, 0.717) is 16.7 Å². The lowest BCUT2D eigenvalue weighted by molar-refractivity contribution is -0.384. The Kier molecular flexibility index (Phi) is 6.24. The molecule has 0 fully saturated rings. The van der Waals surface area contributed by atoms with Crippen LogP contribution in [0.25, 0.3) is 17.1 Å². The zero-order chi connectivity index (χ0) is 22.7. The van der Waals surface area contributed by atoms with Crippen LogP contribution in [0.1, 0.15) is 5.76 Å². The maximum atomic E-state index is 12.5. The monoisotopic (exact) mass is 469 g/mol. The van der Waals surface area contributed by atoms with E-state index in [1.807, 2.05) is 47.9 Å². The number of nitro benzene ring substituents is 1. The number of non-ortho nitro benzene ring substituents is 1. The average molecular weight is 470 g/mol. The predicted molar refractivity (Wildman–Crippen MR) is 121 cm³/mol. The van der Waals surface area contributed by atoms with E-state index in [4.69, 9.17) is 16.0 Å². The molecule has 2 heterocycles. The molecule has 0 radical (unpaired) electrons. The molecule has 0 atom stereocenters. The standard InChI is InChI=1S/C21H16ClN5O4S/c1-13-16(9-10-31-13)20-24-25-21(26(20)14-5-3-2-4-6-14)32-12-19(28)23-18-11-15(27(29)30)7-8-17(18)22/h2-11H,12H2,1H3,(H,23,28). The minimum absolute atomic E-state index is 0.00560. The van der Waals surface area contributed by atoms with Gasteiger partial charge in [0.15, 0.2) is 11.0 Å². The average Bonchev–Trinajstić information content (AvgIpc) is 3.39. The number of anilines is 1. The molecular weight excluding hydrogens is 454 g/mol. The molecule has 2 aromatic carbocycles. The van der Waals surface area contributed by atoms with Gasteiger partial charge >= 0.3 is 0 Å². The van der Waals surface area contributed by atoms with Gasteiger partial charge in [-0.2, -0.15) is 0 Å². The van der Waals surface area contributed by atoms with Crippen molar-refractivity contribution in [3.63, 3.8) is 0 Å². The molecule has 0 aliphatic rings. The summed E-state index contributed by atoms with van der Waals surface area (Å²) >= 11 is 7.24. The largest absolute Gasteiger partial charge is 0.469 e. The van der Waals surface area contributed by atoms with Crippen LogP contribution >= 0.6 is 23.4 Å². The number of carbonyl (C=O) groups is 1. The molecule has 11 heteroatoms. The number of hydrogen-bond donors (Lipinski definition) is 1. The Morgan fingerprint density at radius 1 is 1.22 bits per heavy atom. The second kappa shape index (κ2) is 9.25. The van der Waals surface area contributed by atoms with Crippen LogP contribution in [-0.2, 0) is 4.79 Å². The van der Waals surface area contributed by atoms with E-state index in [1.165, 1.54) is 30.0 Å². The molecule has 0 aliphatic carbocycles. The van der Waals surface area contributed by atoms with Crippen molar-refractivity contribution in [2.24, 2.45) is 0 Å². The SMILES string of the molecule is Cc1occc1-c1nnc(SCC(=O)Nc2cc([N+](=O)[O-])ccc2Cl)n1-c1ccccc1. The maximum Gasteiger partial charge on any atom is 0.271 e. The van der Waals surface area contributed by atoms with Gasteiger partial charge in [-0.3, -0.25) is 19.5 Å². The summed E-state index contributed by atoms with van der Waals surface area (Å²) < 4.78 is 7.25. The Balaban J connectivity index is 1.57. The van der Waals surface area contributed by atoms with Crippen LogP contribution in [0.5, 0.6) is 0 Å². The number of nitrogens with one attached hydrogen (secondary N) is 1. The number of amides is 1. The first kappa shape index (κ1) is 21.6. The molecule has 32 heavy (non-hydrogen) atoms. The van der Waals surface area contributed by atoms with E-state index in [1.54, 1.807) is 6.26 Å². The Morgan fingerprint density at radius 2 is 2.00 bits per heavy atom. The van der Waals surface area contributed by atoms with Gasteiger partial charge < -0.3 is 9.73 Å². The number of aromatic nitrogens is 3. The number of nitrogens with zero attached hydrogens (tertiary/aromatic N) is 4. The molecule has 4 rings (SSSR count). The van der Waals surface area contributed by atoms with Gasteiger partial charge in [0.05, 0.1) is 33.2 Å². The van der Waals surface area contributed by atoms with Crippen molar-refractivity contribution in [3.8, 4) is 17.1 Å². The molecule has 2 aromatic heterocycles. The quantitative estimate of drug-likeness (QED) is 0.226. The summed E-state index contributed by atoms with van der Waals surface area (Å²) in [5.41, 5.74) is 1.63. The summed E-state index contributed by atoms with van der Waals surface area (Å²) in [5.74, 6) is 0.895. The molecular formula is C21H16ClN5O4S. The van der Waals surface area contributed by atoms with Crippen LogP contribution in [0.4, 0.5) is 11.4 Å². The van der Waals surface area contributed by atoms with Gasteiger partial charge in [-0.05, 0) is 31.2 Å². The zero-order valence-corrected chi connectivity index (χ0v) is 18.3. The van der Waals surface area contributed by atoms with Crippen LogP contribution in [0.3, 0.4) is 0 Å². The second-order valence-electron chi connectivity index (χ2n) is 6.63. The highest BCUT2D eigenvalue weighted by molar-refractivity contribution is 7.99. The van der Waals surface area contributed by atoms with Crippen molar-refractivity contribution in [1.29, 1.82) is 0 Å². The lowest BCUT2D eigenvalue weighted by Gasteiger charge is -2.10. The fraction of sp³-hybridized carbons (Fsp3) is 0.0952. The molecule has 0 saturated heterocycles. The van der Waals surface area contributed by atoms with Crippen molar-refractivity contribution < 1.29 is 14.1 Å². The summed E-state index contributed by atoms with van der Waals surface area (Å²) in [6, 6.07) is 15.2. The summed E-state index contributed by atoms with van der Waals surface area (Å²) in [7, 11) is 0. The van der Waals surface area contributed by atoms with E-state index < -0.39 is 4.92 Å². The first-order valence-corrected chi connectivity index (χ1v) is 10.7. The van der Waals surface area contributed by atoms with Gasteiger partial charge in [0, 0.05) is 17.8 Å². The number of halogens is 1. The van der Waals surface area contributed by atoms with Crippen molar-refractivity contribution >= 4 is 40.6 Å². The summed E-state index contributed by atoms with van der Waals surface area (Å²) in [6.45, 7) is 1.84. The molecule has 0 aliphatic heterocycles. The molecule has 0 unspecified atom stereocenters. The van der Waals surface area contributed by atoms with Crippen molar-refractivity contribution in [2.45, 2.75) is 12.1 Å². The van der Waals surface area contributed by atoms with Crippen molar-refractivity contribution in [3.05, 3.63) is 81.8 Å². The number of aryl methyl sites for hydroxylation is 1. The minimum atomic E-state index is -0.553. The fourth-order valence-corrected chi connectivity index (χ4v) is 3.92. The third-order valence-electron chi connectivity index (χ3n) is 4.51. The minimum Gasteiger partial charge on any atom is -0.469 e. The lowest BCUT2D eigenvalue weighted by atomic mass is 10.2. The number of para-hydroxylation sites is 1. The van der Waals surface area contributed by atoms with Gasteiger partial charge in [0.1, 0.15) is 5.76 Å². The summed E-state index contributed by atoms with van der Waals surface area (Å²) in [4.78, 5) is 22.9. The molecule has 1 N–H and O–H groups in total. The zero-order valence-electron chi connectivity index (χ0n) is 16.7. The highest BCUT2D eigenvalue weighted by Crippen LogP contribution is 2.31. The van der Waals surface area contributed by atoms with E-state index >= 15 is 0 Å². The number of carbonyl (C=O) groups excluding carboxylic acids is 1. The van der Waals surface area contributed by atoms with E-state index in [0.717, 1.165) is 11.3 Å². The third-order valence-corrected chi connectivity index (χ3v) is 5.77. The van der Waals surface area contributed by atoms with E-state index in [9.17, 15) is 14.9 Å². The summed E-state index contributed by atoms with van der Waals surface area (Å²) in [5, 5.41) is 22.9. The number of furan rings is 1. The highest BCUT2D eigenvalue weighted by atomic mass is 35.5. The molecule has 0 saturated carbocycles. The van der Waals surface area contributed by atoms with Crippen molar-refractivity contribution in [1.82, 2.24) is 14.8 Å². The number of rotatable bonds is 7. The van der Waals surface area contributed by atoms with Crippen LogP contribution < -0.4 is 5.32 Å². The Labute approximate surface area is 191 Å². The fourth-order valence-electron chi connectivity index (χ4n) is 3.00. The Hall–Kier alpha value is -3.63. The molecule has 4 aromatic rings. The summed E-state index contributed by atoms with van der Waals surface area (Å²) in [6.07, 6.45) is 1.58. The van der Waals surface area contributed by atoms with Crippen LogP contribution in [0.2, 0.25) is 5.02 Å². The molecule has 0 bridgehead atoms. The van der Waals surface area contributed by atoms with Crippen LogP contribution in [-0.4, -0.2) is 31.3 Å². The van der Waals surface area contributed by atoms with Gasteiger partial charge in [-0.15, -0.1) is 10.2 Å². The normalized spacial score (nSPS) is 10.8. The van der Waals surface area contributed by atoms with Crippen LogP contribution in [0, 0.1) is 17.0 Å².